The van der Waals surface area contributed by atoms with Crippen molar-refractivity contribution in [1.29, 1.82) is 0 Å². The molecule has 3 atom stereocenters. The van der Waals surface area contributed by atoms with Crippen LogP contribution in [0.5, 0.6) is 0 Å². The topological polar surface area (TPSA) is 57.5 Å². The van der Waals surface area contributed by atoms with E-state index in [1.54, 1.807) is 6.26 Å². The third-order valence-electron chi connectivity index (χ3n) is 5.03. The predicted octanol–water partition coefficient (Wildman–Crippen LogP) is 1.50. The molecule has 5 nitrogen and oxygen atoms in total. The van der Waals surface area contributed by atoms with E-state index in [2.05, 4.69) is 22.6 Å². The summed E-state index contributed by atoms with van der Waals surface area (Å²) in [5.41, 5.74) is 0. The van der Waals surface area contributed by atoms with Crippen LogP contribution in [0.3, 0.4) is 0 Å². The maximum Gasteiger partial charge on any atom is 0.237 e. The second kappa shape index (κ2) is 6.20. The summed E-state index contributed by atoms with van der Waals surface area (Å²) in [5, 5.41) is 6.60. The number of amides is 1. The van der Waals surface area contributed by atoms with Crippen molar-refractivity contribution in [1.82, 2.24) is 15.5 Å². The largest absolute Gasteiger partial charge is 0.467 e. The average Bonchev–Trinajstić information content (AvgIpc) is 3.12. The van der Waals surface area contributed by atoms with E-state index >= 15 is 0 Å². The lowest BCUT2D eigenvalue weighted by Gasteiger charge is -2.38. The Morgan fingerprint density at radius 3 is 2.81 bits per heavy atom. The Labute approximate surface area is 126 Å². The van der Waals surface area contributed by atoms with Crippen LogP contribution in [0, 0.1) is 0 Å². The molecule has 3 unspecified atom stereocenters. The molecule has 0 radical (unpaired) electrons. The molecule has 2 aliphatic heterocycles. The first-order valence-corrected chi connectivity index (χ1v) is 7.91. The minimum atomic E-state index is -0.109. The number of carbonyl (C=O) groups is 1. The van der Waals surface area contributed by atoms with Crippen molar-refractivity contribution in [3.05, 3.63) is 24.2 Å². The van der Waals surface area contributed by atoms with Crippen molar-refractivity contribution in [2.45, 2.75) is 63.3 Å². The Bertz CT molecular complexity index is 462. The van der Waals surface area contributed by atoms with E-state index in [4.69, 9.17) is 4.42 Å². The molecule has 5 heteroatoms. The first kappa shape index (κ1) is 14.6. The molecule has 3 rings (SSSR count). The first-order valence-electron chi connectivity index (χ1n) is 7.91. The fraction of sp³-hybridized carbons (Fsp3) is 0.688. The van der Waals surface area contributed by atoms with Crippen molar-refractivity contribution in [3.63, 3.8) is 0 Å². The van der Waals surface area contributed by atoms with Gasteiger partial charge in [-0.05, 0) is 51.8 Å². The molecule has 21 heavy (non-hydrogen) atoms. The maximum absolute atomic E-state index is 12.3. The molecule has 1 aromatic rings. The summed E-state index contributed by atoms with van der Waals surface area (Å²) < 4.78 is 5.24. The number of furan rings is 1. The highest BCUT2D eigenvalue weighted by Gasteiger charge is 2.37. The Kier molecular flexibility index (Phi) is 4.31. The summed E-state index contributed by atoms with van der Waals surface area (Å²) in [6, 6.07) is 5.40. The van der Waals surface area contributed by atoms with Crippen LogP contribution in [0.2, 0.25) is 0 Å². The van der Waals surface area contributed by atoms with Gasteiger partial charge < -0.3 is 15.1 Å². The number of piperidine rings is 1. The van der Waals surface area contributed by atoms with Crippen LogP contribution in [0.4, 0.5) is 0 Å². The Hall–Kier alpha value is -1.33. The highest BCUT2D eigenvalue weighted by Crippen LogP contribution is 2.29. The number of fused-ring (bicyclic) bond motifs is 2. The standard InChI is InChI=1S/C16H25N3O2/c1-11(16(20)17-10-15-4-3-7-21-15)19(2)14-8-12-5-6-13(9-14)18-12/h3-4,7,11-14,18H,5-6,8-10H2,1-2H3,(H,17,20). The normalized spacial score (nSPS) is 29.6. The van der Waals surface area contributed by atoms with Gasteiger partial charge >= 0.3 is 0 Å². The van der Waals surface area contributed by atoms with Gasteiger partial charge in [-0.1, -0.05) is 0 Å². The lowest BCUT2D eigenvalue weighted by Crippen LogP contribution is -2.53. The van der Waals surface area contributed by atoms with Crippen LogP contribution in [-0.4, -0.2) is 42.0 Å². The highest BCUT2D eigenvalue weighted by molar-refractivity contribution is 5.81. The van der Waals surface area contributed by atoms with Crippen molar-refractivity contribution in [2.24, 2.45) is 0 Å². The van der Waals surface area contributed by atoms with Gasteiger partial charge in [-0.3, -0.25) is 9.69 Å². The molecule has 0 aromatic carbocycles. The number of hydrogen-bond acceptors (Lipinski definition) is 4. The van der Waals surface area contributed by atoms with Crippen molar-refractivity contribution < 1.29 is 9.21 Å². The molecule has 116 valence electrons. The molecular weight excluding hydrogens is 266 g/mol. The quantitative estimate of drug-likeness (QED) is 0.863. The second-order valence-corrected chi connectivity index (χ2v) is 6.40. The third kappa shape index (κ3) is 3.30. The van der Waals surface area contributed by atoms with Crippen LogP contribution in [0.15, 0.2) is 22.8 Å². The maximum atomic E-state index is 12.3. The van der Waals surface area contributed by atoms with Gasteiger partial charge in [0.25, 0.3) is 0 Å². The van der Waals surface area contributed by atoms with Gasteiger partial charge in [0.1, 0.15) is 5.76 Å². The van der Waals surface area contributed by atoms with E-state index in [0.717, 1.165) is 18.6 Å². The van der Waals surface area contributed by atoms with Crippen LogP contribution in [0.1, 0.15) is 38.4 Å². The smallest absolute Gasteiger partial charge is 0.237 e. The molecule has 0 saturated carbocycles. The van der Waals surface area contributed by atoms with E-state index in [1.165, 1.54) is 12.8 Å². The minimum absolute atomic E-state index is 0.0692. The molecule has 2 fully saturated rings. The molecule has 2 saturated heterocycles. The fourth-order valence-electron chi connectivity index (χ4n) is 3.60. The summed E-state index contributed by atoms with van der Waals surface area (Å²) in [6.07, 6.45) is 6.51. The van der Waals surface area contributed by atoms with Crippen LogP contribution >= 0.6 is 0 Å². The highest BCUT2D eigenvalue weighted by atomic mass is 16.3. The first-order chi connectivity index (χ1) is 10.1. The number of carbonyl (C=O) groups excluding carboxylic acids is 1. The van der Waals surface area contributed by atoms with Gasteiger partial charge in [-0.15, -0.1) is 0 Å². The van der Waals surface area contributed by atoms with Gasteiger partial charge in [0.15, 0.2) is 0 Å². The summed E-state index contributed by atoms with van der Waals surface area (Å²) >= 11 is 0. The molecule has 2 bridgehead atoms. The molecule has 3 heterocycles. The molecule has 1 amide bonds. The molecule has 2 aliphatic rings. The Morgan fingerprint density at radius 1 is 1.48 bits per heavy atom. The Balaban J connectivity index is 1.51. The number of rotatable bonds is 5. The monoisotopic (exact) mass is 291 g/mol. The third-order valence-corrected chi connectivity index (χ3v) is 5.03. The van der Waals surface area contributed by atoms with E-state index in [-0.39, 0.29) is 11.9 Å². The van der Waals surface area contributed by atoms with Gasteiger partial charge in [-0.2, -0.15) is 0 Å². The van der Waals surface area contributed by atoms with Gasteiger partial charge in [0.05, 0.1) is 18.8 Å². The van der Waals surface area contributed by atoms with Crippen molar-refractivity contribution in [2.75, 3.05) is 7.05 Å². The number of hydrogen-bond donors (Lipinski definition) is 2. The molecule has 0 aliphatic carbocycles. The van der Waals surface area contributed by atoms with Crippen molar-refractivity contribution >= 4 is 5.91 Å². The minimum Gasteiger partial charge on any atom is -0.467 e. The lowest BCUT2D eigenvalue weighted by molar-refractivity contribution is -0.126. The number of nitrogens with zero attached hydrogens (tertiary/aromatic N) is 1. The zero-order valence-electron chi connectivity index (χ0n) is 12.8. The van der Waals surface area contributed by atoms with Gasteiger partial charge in [0, 0.05) is 18.1 Å². The molecule has 0 spiro atoms. The second-order valence-electron chi connectivity index (χ2n) is 6.40. The Morgan fingerprint density at radius 2 is 2.19 bits per heavy atom. The number of nitrogens with one attached hydrogen (secondary N) is 2. The summed E-state index contributed by atoms with van der Waals surface area (Å²) in [5.74, 6) is 0.859. The zero-order valence-corrected chi connectivity index (χ0v) is 12.8. The van der Waals surface area contributed by atoms with Crippen LogP contribution in [0.25, 0.3) is 0 Å². The average molecular weight is 291 g/mol. The molecule has 1 aromatic heterocycles. The van der Waals surface area contributed by atoms with E-state index in [9.17, 15) is 4.79 Å². The van der Waals surface area contributed by atoms with Crippen molar-refractivity contribution in [3.8, 4) is 0 Å². The zero-order chi connectivity index (χ0) is 14.8. The predicted molar refractivity (Wildman–Crippen MR) is 80.7 cm³/mol. The molecule has 2 N–H and O–H groups in total. The number of likely N-dealkylation sites (N-methyl/N-ethyl adjacent to an activating group) is 1. The summed E-state index contributed by atoms with van der Waals surface area (Å²) in [7, 11) is 2.08. The van der Waals surface area contributed by atoms with E-state index < -0.39 is 0 Å². The van der Waals surface area contributed by atoms with Gasteiger partial charge in [0.2, 0.25) is 5.91 Å². The lowest BCUT2D eigenvalue weighted by atomic mass is 9.97. The van der Waals surface area contributed by atoms with Crippen LogP contribution in [-0.2, 0) is 11.3 Å². The molecular formula is C16H25N3O2. The van der Waals surface area contributed by atoms with E-state index in [1.807, 2.05) is 19.1 Å². The van der Waals surface area contributed by atoms with Crippen LogP contribution < -0.4 is 10.6 Å². The fourth-order valence-corrected chi connectivity index (χ4v) is 3.60. The SMILES string of the molecule is CC(C(=O)NCc1ccco1)N(C)C1CC2CCC(C1)N2. The summed E-state index contributed by atoms with van der Waals surface area (Å²) in [4.78, 5) is 14.5. The van der Waals surface area contributed by atoms with Gasteiger partial charge in [-0.25, -0.2) is 0 Å². The summed E-state index contributed by atoms with van der Waals surface area (Å²) in [6.45, 7) is 2.45. The van der Waals surface area contributed by atoms with E-state index in [0.29, 0.717) is 24.7 Å².